The number of nitrogens with zero attached hydrogens (tertiary/aromatic N) is 3. The van der Waals surface area contributed by atoms with E-state index in [1.54, 1.807) is 12.1 Å². The SMILES string of the molecule is CCCNc1nc(Cl)nc(Nc2cc(C)ccc2F)n1. The van der Waals surface area contributed by atoms with Gasteiger partial charge in [-0.1, -0.05) is 13.0 Å². The number of hydrogen-bond donors (Lipinski definition) is 2. The van der Waals surface area contributed by atoms with Crippen molar-refractivity contribution in [3.05, 3.63) is 34.9 Å². The predicted molar refractivity (Wildman–Crippen MR) is 78.0 cm³/mol. The first-order valence-electron chi connectivity index (χ1n) is 6.27. The third-order valence-electron chi connectivity index (χ3n) is 2.51. The van der Waals surface area contributed by atoms with Crippen molar-refractivity contribution in [3.63, 3.8) is 0 Å². The van der Waals surface area contributed by atoms with Gasteiger partial charge in [-0.3, -0.25) is 0 Å². The van der Waals surface area contributed by atoms with Gasteiger partial charge in [-0.15, -0.1) is 0 Å². The molecule has 1 heterocycles. The quantitative estimate of drug-likeness (QED) is 0.883. The van der Waals surface area contributed by atoms with Crippen LogP contribution in [0.1, 0.15) is 18.9 Å². The molecule has 1 aromatic heterocycles. The van der Waals surface area contributed by atoms with Crippen molar-refractivity contribution in [2.75, 3.05) is 17.2 Å². The number of aromatic nitrogens is 3. The molecule has 0 atom stereocenters. The summed E-state index contributed by atoms with van der Waals surface area (Å²) in [5.41, 5.74) is 1.23. The lowest BCUT2D eigenvalue weighted by atomic mass is 10.2. The molecule has 0 amide bonds. The number of anilines is 3. The van der Waals surface area contributed by atoms with Crippen LogP contribution < -0.4 is 10.6 Å². The first kappa shape index (κ1) is 14.5. The van der Waals surface area contributed by atoms with Crippen molar-refractivity contribution in [2.24, 2.45) is 0 Å². The van der Waals surface area contributed by atoms with E-state index in [4.69, 9.17) is 11.6 Å². The Kier molecular flexibility index (Phi) is 4.68. The Morgan fingerprint density at radius 2 is 1.95 bits per heavy atom. The number of hydrogen-bond acceptors (Lipinski definition) is 5. The van der Waals surface area contributed by atoms with Crippen LogP contribution in [0.3, 0.4) is 0 Å². The smallest absolute Gasteiger partial charge is 0.233 e. The highest BCUT2D eigenvalue weighted by molar-refractivity contribution is 6.28. The maximum atomic E-state index is 13.7. The fraction of sp³-hybridized carbons (Fsp3) is 0.308. The van der Waals surface area contributed by atoms with Gasteiger partial charge >= 0.3 is 0 Å². The van der Waals surface area contributed by atoms with Gasteiger partial charge in [0, 0.05) is 6.54 Å². The fourth-order valence-electron chi connectivity index (χ4n) is 1.58. The molecule has 0 fully saturated rings. The second-order valence-electron chi connectivity index (χ2n) is 4.29. The second-order valence-corrected chi connectivity index (χ2v) is 4.62. The minimum Gasteiger partial charge on any atom is -0.354 e. The normalized spacial score (nSPS) is 10.4. The van der Waals surface area contributed by atoms with Gasteiger partial charge in [-0.25, -0.2) is 4.39 Å². The molecule has 5 nitrogen and oxygen atoms in total. The maximum Gasteiger partial charge on any atom is 0.233 e. The van der Waals surface area contributed by atoms with E-state index in [0.29, 0.717) is 11.6 Å². The van der Waals surface area contributed by atoms with Crippen LogP contribution in [0, 0.1) is 12.7 Å². The van der Waals surface area contributed by atoms with Gasteiger partial charge < -0.3 is 10.6 Å². The largest absolute Gasteiger partial charge is 0.354 e. The Morgan fingerprint density at radius 3 is 2.70 bits per heavy atom. The summed E-state index contributed by atoms with van der Waals surface area (Å²) in [6.07, 6.45) is 0.929. The van der Waals surface area contributed by atoms with E-state index in [0.717, 1.165) is 18.5 Å². The van der Waals surface area contributed by atoms with Crippen LogP contribution in [0.15, 0.2) is 18.2 Å². The molecule has 0 saturated carbocycles. The lowest BCUT2D eigenvalue weighted by molar-refractivity contribution is 0.631. The average Bonchev–Trinajstić information content (AvgIpc) is 2.40. The lowest BCUT2D eigenvalue weighted by Crippen LogP contribution is -2.08. The fourth-order valence-corrected chi connectivity index (χ4v) is 1.74. The van der Waals surface area contributed by atoms with Crippen LogP contribution in [-0.4, -0.2) is 21.5 Å². The lowest BCUT2D eigenvalue weighted by Gasteiger charge is -2.09. The summed E-state index contributed by atoms with van der Waals surface area (Å²) in [4.78, 5) is 12.0. The van der Waals surface area contributed by atoms with Crippen molar-refractivity contribution in [2.45, 2.75) is 20.3 Å². The Morgan fingerprint density at radius 1 is 1.20 bits per heavy atom. The molecule has 0 unspecified atom stereocenters. The summed E-state index contributed by atoms with van der Waals surface area (Å²) < 4.78 is 13.7. The minimum atomic E-state index is -0.379. The standard InChI is InChI=1S/C13H15ClFN5/c1-3-6-16-12-18-11(14)19-13(20-12)17-10-7-8(2)4-5-9(10)15/h4-5,7H,3,6H2,1-2H3,(H2,16,17,18,19,20). The number of aryl methyl sites for hydroxylation is 1. The first-order valence-corrected chi connectivity index (χ1v) is 6.65. The Labute approximate surface area is 121 Å². The molecule has 0 aliphatic heterocycles. The van der Waals surface area contributed by atoms with E-state index in [-0.39, 0.29) is 17.0 Å². The van der Waals surface area contributed by atoms with Crippen LogP contribution >= 0.6 is 11.6 Å². The number of benzene rings is 1. The molecule has 0 aliphatic rings. The number of rotatable bonds is 5. The summed E-state index contributed by atoms with van der Waals surface area (Å²) in [6.45, 7) is 4.62. The van der Waals surface area contributed by atoms with E-state index in [1.165, 1.54) is 6.07 Å². The average molecular weight is 296 g/mol. The highest BCUT2D eigenvalue weighted by atomic mass is 35.5. The van der Waals surface area contributed by atoms with Crippen molar-refractivity contribution in [3.8, 4) is 0 Å². The molecule has 2 rings (SSSR count). The zero-order chi connectivity index (χ0) is 14.5. The molecule has 1 aromatic carbocycles. The monoisotopic (exact) mass is 295 g/mol. The Balaban J connectivity index is 2.24. The minimum absolute atomic E-state index is 0.0502. The van der Waals surface area contributed by atoms with Crippen LogP contribution in [0.2, 0.25) is 5.28 Å². The van der Waals surface area contributed by atoms with Crippen LogP contribution in [0.5, 0.6) is 0 Å². The molecular weight excluding hydrogens is 281 g/mol. The number of halogens is 2. The maximum absolute atomic E-state index is 13.7. The molecule has 20 heavy (non-hydrogen) atoms. The van der Waals surface area contributed by atoms with Gasteiger partial charge in [0.05, 0.1) is 5.69 Å². The highest BCUT2D eigenvalue weighted by Crippen LogP contribution is 2.20. The van der Waals surface area contributed by atoms with Gasteiger partial charge in [0.25, 0.3) is 0 Å². The predicted octanol–water partition coefficient (Wildman–Crippen LogP) is 3.54. The molecule has 106 valence electrons. The molecule has 0 aliphatic carbocycles. The summed E-state index contributed by atoms with van der Waals surface area (Å²) in [7, 11) is 0. The van der Waals surface area contributed by atoms with E-state index in [9.17, 15) is 4.39 Å². The van der Waals surface area contributed by atoms with E-state index in [1.807, 2.05) is 13.8 Å². The molecule has 0 bridgehead atoms. The van der Waals surface area contributed by atoms with Gasteiger partial charge in [-0.2, -0.15) is 15.0 Å². The second kappa shape index (κ2) is 6.47. The summed E-state index contributed by atoms with van der Waals surface area (Å²) in [6, 6.07) is 4.75. The molecular formula is C13H15ClFN5. The van der Waals surface area contributed by atoms with Crippen LogP contribution in [0.4, 0.5) is 22.0 Å². The molecule has 2 N–H and O–H groups in total. The highest BCUT2D eigenvalue weighted by Gasteiger charge is 2.08. The van der Waals surface area contributed by atoms with Crippen LogP contribution in [-0.2, 0) is 0 Å². The van der Waals surface area contributed by atoms with Crippen LogP contribution in [0.25, 0.3) is 0 Å². The van der Waals surface area contributed by atoms with Crippen molar-refractivity contribution in [1.29, 1.82) is 0 Å². The summed E-state index contributed by atoms with van der Waals surface area (Å²) in [5, 5.41) is 5.87. The molecule has 0 radical (unpaired) electrons. The van der Waals surface area contributed by atoms with Gasteiger partial charge in [0.1, 0.15) is 5.82 Å². The number of nitrogens with one attached hydrogen (secondary N) is 2. The molecule has 2 aromatic rings. The third kappa shape index (κ3) is 3.77. The van der Waals surface area contributed by atoms with Gasteiger partial charge in [0.2, 0.25) is 17.2 Å². The topological polar surface area (TPSA) is 62.7 Å². The molecule has 0 saturated heterocycles. The first-order chi connectivity index (χ1) is 9.58. The molecule has 0 spiro atoms. The Bertz CT molecular complexity index is 605. The van der Waals surface area contributed by atoms with Gasteiger partial charge in [0.15, 0.2) is 0 Å². The zero-order valence-corrected chi connectivity index (χ0v) is 12.0. The third-order valence-corrected chi connectivity index (χ3v) is 2.68. The Hall–Kier alpha value is -1.95. The summed E-state index contributed by atoms with van der Waals surface area (Å²) in [5.74, 6) is 0.186. The summed E-state index contributed by atoms with van der Waals surface area (Å²) >= 11 is 5.83. The zero-order valence-electron chi connectivity index (χ0n) is 11.2. The van der Waals surface area contributed by atoms with E-state index < -0.39 is 0 Å². The van der Waals surface area contributed by atoms with Crippen molar-refractivity contribution < 1.29 is 4.39 Å². The van der Waals surface area contributed by atoms with Crippen molar-refractivity contribution >= 4 is 29.2 Å². The molecule has 7 heteroatoms. The van der Waals surface area contributed by atoms with Gasteiger partial charge in [-0.05, 0) is 42.6 Å². The van der Waals surface area contributed by atoms with E-state index >= 15 is 0 Å². The van der Waals surface area contributed by atoms with E-state index in [2.05, 4.69) is 25.6 Å². The van der Waals surface area contributed by atoms with Crippen molar-refractivity contribution in [1.82, 2.24) is 15.0 Å².